The lowest BCUT2D eigenvalue weighted by molar-refractivity contribution is 0.222. The normalized spacial score (nSPS) is 18.8. The van der Waals surface area contributed by atoms with Crippen LogP contribution in [0.5, 0.6) is 0 Å². The summed E-state index contributed by atoms with van der Waals surface area (Å²) in [4.78, 5) is 11.2. The Bertz CT molecular complexity index is 839. The molecule has 1 aliphatic rings. The van der Waals surface area contributed by atoms with E-state index in [1.165, 1.54) is 5.57 Å². The van der Waals surface area contributed by atoms with Crippen molar-refractivity contribution < 1.29 is 8.94 Å². The number of likely N-dealkylation sites (tertiary alicyclic amines) is 1. The van der Waals surface area contributed by atoms with Gasteiger partial charge in [0.15, 0.2) is 0 Å². The van der Waals surface area contributed by atoms with Gasteiger partial charge in [0.1, 0.15) is 11.5 Å². The van der Waals surface area contributed by atoms with Crippen molar-refractivity contribution in [2.45, 2.75) is 25.8 Å². The first-order valence-electron chi connectivity index (χ1n) is 8.49. The molecule has 0 saturated carbocycles. The van der Waals surface area contributed by atoms with Gasteiger partial charge >= 0.3 is 0 Å². The van der Waals surface area contributed by atoms with E-state index in [0.717, 1.165) is 37.4 Å². The molecule has 4 rings (SSSR count). The summed E-state index contributed by atoms with van der Waals surface area (Å²) < 4.78 is 10.9. The lowest BCUT2D eigenvalue weighted by Crippen LogP contribution is -2.25. The van der Waals surface area contributed by atoms with Gasteiger partial charge in [0.25, 0.3) is 0 Å². The Balaban J connectivity index is 1.49. The van der Waals surface area contributed by atoms with E-state index in [2.05, 4.69) is 33.0 Å². The summed E-state index contributed by atoms with van der Waals surface area (Å²) in [7, 11) is 0. The zero-order chi connectivity index (χ0) is 17.1. The number of nitrogens with zero attached hydrogens (tertiary/aromatic N) is 4. The van der Waals surface area contributed by atoms with Gasteiger partial charge in [0.2, 0.25) is 11.7 Å². The second-order valence-electron chi connectivity index (χ2n) is 6.31. The van der Waals surface area contributed by atoms with E-state index < -0.39 is 0 Å². The van der Waals surface area contributed by atoms with Crippen molar-refractivity contribution in [3.05, 3.63) is 60.0 Å². The number of hydrogen-bond donors (Lipinski definition) is 0. The van der Waals surface area contributed by atoms with Crippen LogP contribution in [0, 0.1) is 0 Å². The quantitative estimate of drug-likeness (QED) is 0.702. The van der Waals surface area contributed by atoms with Crippen LogP contribution in [0.25, 0.3) is 17.6 Å². The van der Waals surface area contributed by atoms with Crippen LogP contribution in [0.15, 0.2) is 57.3 Å². The lowest BCUT2D eigenvalue weighted by atomic mass is 10.2. The molecular weight excluding hydrogens is 316 g/mol. The molecule has 1 aliphatic heterocycles. The Hall–Kier alpha value is -2.73. The Morgan fingerprint density at radius 2 is 2.28 bits per heavy atom. The molecule has 0 bridgehead atoms. The van der Waals surface area contributed by atoms with Crippen molar-refractivity contribution in [2.75, 3.05) is 13.1 Å². The monoisotopic (exact) mass is 336 g/mol. The van der Waals surface area contributed by atoms with Gasteiger partial charge in [-0.3, -0.25) is 9.88 Å². The molecule has 0 N–H and O–H groups in total. The standard InChI is InChI=1S/C19H20N4O2/c1-14(12-15-6-5-11-24-15)13-23-10-4-8-17(23)19-21-18(22-25-19)16-7-2-3-9-20-16/h2-3,5-7,9,11-12,17H,4,8,10,13H2,1H3/b14-12+/t17-/m0/s1. The molecule has 0 amide bonds. The average molecular weight is 336 g/mol. The molecule has 0 aliphatic carbocycles. The second kappa shape index (κ2) is 7.03. The zero-order valence-corrected chi connectivity index (χ0v) is 14.1. The van der Waals surface area contributed by atoms with Crippen LogP contribution in [0.4, 0.5) is 0 Å². The molecule has 3 aromatic heterocycles. The highest BCUT2D eigenvalue weighted by atomic mass is 16.5. The molecule has 1 saturated heterocycles. The van der Waals surface area contributed by atoms with Crippen LogP contribution in [0.3, 0.4) is 0 Å². The number of furan rings is 1. The fourth-order valence-electron chi connectivity index (χ4n) is 3.25. The predicted octanol–water partition coefficient (Wildman–Crippen LogP) is 3.97. The van der Waals surface area contributed by atoms with Crippen LogP contribution in [0.1, 0.15) is 37.5 Å². The van der Waals surface area contributed by atoms with E-state index >= 15 is 0 Å². The molecule has 1 atom stereocenters. The third-order valence-corrected chi connectivity index (χ3v) is 4.37. The minimum absolute atomic E-state index is 0.157. The van der Waals surface area contributed by atoms with E-state index in [-0.39, 0.29) is 6.04 Å². The van der Waals surface area contributed by atoms with Crippen LogP contribution < -0.4 is 0 Å². The summed E-state index contributed by atoms with van der Waals surface area (Å²) >= 11 is 0. The van der Waals surface area contributed by atoms with Crippen molar-refractivity contribution in [2.24, 2.45) is 0 Å². The predicted molar refractivity (Wildman–Crippen MR) is 93.4 cm³/mol. The first kappa shape index (κ1) is 15.8. The maximum Gasteiger partial charge on any atom is 0.244 e. The first-order valence-corrected chi connectivity index (χ1v) is 8.49. The molecule has 0 unspecified atom stereocenters. The van der Waals surface area contributed by atoms with Gasteiger partial charge in [0.05, 0.1) is 12.3 Å². The molecule has 128 valence electrons. The van der Waals surface area contributed by atoms with Crippen molar-refractivity contribution >= 4 is 6.08 Å². The van der Waals surface area contributed by atoms with Gasteiger partial charge in [0, 0.05) is 12.7 Å². The summed E-state index contributed by atoms with van der Waals surface area (Å²) in [6, 6.07) is 9.69. The third-order valence-electron chi connectivity index (χ3n) is 4.37. The lowest BCUT2D eigenvalue weighted by Gasteiger charge is -2.21. The number of rotatable bonds is 5. The van der Waals surface area contributed by atoms with Gasteiger partial charge in [-0.2, -0.15) is 4.98 Å². The van der Waals surface area contributed by atoms with Crippen molar-refractivity contribution in [1.82, 2.24) is 20.0 Å². The highest BCUT2D eigenvalue weighted by Crippen LogP contribution is 2.32. The van der Waals surface area contributed by atoms with E-state index in [4.69, 9.17) is 8.94 Å². The molecular formula is C19H20N4O2. The van der Waals surface area contributed by atoms with Crippen LogP contribution >= 0.6 is 0 Å². The van der Waals surface area contributed by atoms with E-state index in [1.54, 1.807) is 12.5 Å². The van der Waals surface area contributed by atoms with E-state index in [9.17, 15) is 0 Å². The Kier molecular flexibility index (Phi) is 4.43. The summed E-state index contributed by atoms with van der Waals surface area (Å²) in [6.07, 6.45) is 7.64. The fourth-order valence-corrected chi connectivity index (χ4v) is 3.25. The van der Waals surface area contributed by atoms with Gasteiger partial charge in [-0.05, 0) is 56.7 Å². The smallest absolute Gasteiger partial charge is 0.244 e. The minimum atomic E-state index is 0.157. The zero-order valence-electron chi connectivity index (χ0n) is 14.1. The average Bonchev–Trinajstić information content (AvgIpc) is 3.36. The molecule has 4 heterocycles. The molecule has 1 fully saturated rings. The maximum atomic E-state index is 5.54. The second-order valence-corrected chi connectivity index (χ2v) is 6.31. The number of hydrogen-bond acceptors (Lipinski definition) is 6. The largest absolute Gasteiger partial charge is 0.465 e. The van der Waals surface area contributed by atoms with Crippen LogP contribution in [-0.2, 0) is 0 Å². The molecule has 0 radical (unpaired) electrons. The van der Waals surface area contributed by atoms with Crippen LogP contribution in [-0.4, -0.2) is 33.1 Å². The van der Waals surface area contributed by atoms with Crippen molar-refractivity contribution in [3.8, 4) is 11.5 Å². The molecule has 6 heteroatoms. The Morgan fingerprint density at radius 1 is 1.32 bits per heavy atom. The maximum absolute atomic E-state index is 5.54. The van der Waals surface area contributed by atoms with Gasteiger partial charge in [-0.15, -0.1) is 0 Å². The first-order chi connectivity index (χ1) is 12.3. The Morgan fingerprint density at radius 3 is 3.08 bits per heavy atom. The van der Waals surface area contributed by atoms with Crippen LogP contribution in [0.2, 0.25) is 0 Å². The minimum Gasteiger partial charge on any atom is -0.465 e. The molecule has 0 spiro atoms. The highest BCUT2D eigenvalue weighted by Gasteiger charge is 2.30. The fraction of sp³-hybridized carbons (Fsp3) is 0.316. The van der Waals surface area contributed by atoms with Gasteiger partial charge in [-0.1, -0.05) is 16.8 Å². The third kappa shape index (κ3) is 3.53. The molecule has 25 heavy (non-hydrogen) atoms. The number of aromatic nitrogens is 3. The molecule has 3 aromatic rings. The summed E-state index contributed by atoms with van der Waals surface area (Å²) in [5.41, 5.74) is 1.97. The topological polar surface area (TPSA) is 68.2 Å². The van der Waals surface area contributed by atoms with Crippen molar-refractivity contribution in [1.29, 1.82) is 0 Å². The van der Waals surface area contributed by atoms with Gasteiger partial charge < -0.3 is 8.94 Å². The van der Waals surface area contributed by atoms with E-state index in [1.807, 2.05) is 30.3 Å². The number of pyridine rings is 1. The Labute approximate surface area is 146 Å². The highest BCUT2D eigenvalue weighted by molar-refractivity contribution is 5.48. The van der Waals surface area contributed by atoms with Gasteiger partial charge in [-0.25, -0.2) is 0 Å². The SMILES string of the molecule is C/C(=C\c1ccco1)CN1CCC[C@H]1c1nc(-c2ccccn2)no1. The molecule has 0 aromatic carbocycles. The summed E-state index contributed by atoms with van der Waals surface area (Å²) in [5, 5.41) is 4.10. The summed E-state index contributed by atoms with van der Waals surface area (Å²) in [5.74, 6) is 2.10. The van der Waals surface area contributed by atoms with E-state index in [0.29, 0.717) is 11.7 Å². The molecule has 6 nitrogen and oxygen atoms in total. The van der Waals surface area contributed by atoms with Crippen molar-refractivity contribution in [3.63, 3.8) is 0 Å². The summed E-state index contributed by atoms with van der Waals surface area (Å²) in [6.45, 7) is 3.99.